The summed E-state index contributed by atoms with van der Waals surface area (Å²) < 4.78 is 13.3. The molecule has 1 aromatic carbocycles. The number of amides is 1. The Bertz CT molecular complexity index is 862. The Morgan fingerprint density at radius 2 is 1.93 bits per heavy atom. The van der Waals surface area contributed by atoms with Gasteiger partial charge >= 0.3 is 0 Å². The number of carbonyl (C=O) groups excluding carboxylic acids is 1. The third-order valence-corrected chi connectivity index (χ3v) is 6.83. The molecule has 1 aliphatic rings. The second kappa shape index (κ2) is 8.33. The predicted molar refractivity (Wildman–Crippen MR) is 109 cm³/mol. The number of benzene rings is 1. The van der Waals surface area contributed by atoms with Crippen LogP contribution < -0.4 is 5.32 Å². The van der Waals surface area contributed by atoms with Crippen LogP contribution in [0.3, 0.4) is 0 Å². The molecule has 1 saturated heterocycles. The first kappa shape index (κ1) is 18.3. The zero-order valence-corrected chi connectivity index (χ0v) is 16.4. The van der Waals surface area contributed by atoms with Crippen molar-refractivity contribution in [2.75, 3.05) is 13.1 Å². The van der Waals surface area contributed by atoms with Crippen molar-refractivity contribution in [2.24, 2.45) is 0 Å². The molecule has 1 N–H and O–H groups in total. The molecule has 0 saturated carbocycles. The Balaban J connectivity index is 1.48. The number of halogens is 1. The number of carbonyl (C=O) groups is 1. The number of hydrogen-bond acceptors (Lipinski definition) is 4. The zero-order chi connectivity index (χ0) is 18.6. The fourth-order valence-corrected chi connectivity index (χ4v) is 5.34. The molecule has 4 rings (SSSR count). The van der Waals surface area contributed by atoms with Gasteiger partial charge in [0.2, 0.25) is 5.91 Å². The number of rotatable bonds is 6. The summed E-state index contributed by atoms with van der Waals surface area (Å²) in [6.45, 7) is 1.32. The number of hydrogen-bond donors (Lipinski definition) is 1. The molecule has 0 aliphatic carbocycles. The van der Waals surface area contributed by atoms with Crippen molar-refractivity contribution < 1.29 is 9.18 Å². The van der Waals surface area contributed by atoms with Crippen LogP contribution in [0.1, 0.15) is 40.2 Å². The van der Waals surface area contributed by atoms with Crippen LogP contribution in [-0.4, -0.2) is 23.9 Å². The van der Waals surface area contributed by atoms with Gasteiger partial charge in [0.15, 0.2) is 0 Å². The summed E-state index contributed by atoms with van der Waals surface area (Å²) in [6, 6.07) is 14.6. The van der Waals surface area contributed by atoms with E-state index in [1.54, 1.807) is 34.8 Å². The minimum absolute atomic E-state index is 0.00109. The predicted octanol–water partition coefficient (Wildman–Crippen LogP) is 4.99. The summed E-state index contributed by atoms with van der Waals surface area (Å²) in [5.74, 6) is -0.271. The maximum atomic E-state index is 13.3. The standard InChI is InChI=1S/C21H21FN2OS2/c22-16-9-7-15(8-10-16)21(19-6-3-13-27-19)23-20(25)14-24-11-1-4-17(24)18-5-2-12-26-18/h2-3,5-10,12-13,17,21H,1,4,11,14H2,(H,23,25)/t17-,21+/m1/s1. The Morgan fingerprint density at radius 3 is 2.63 bits per heavy atom. The molecule has 140 valence electrons. The topological polar surface area (TPSA) is 32.3 Å². The van der Waals surface area contributed by atoms with E-state index in [4.69, 9.17) is 0 Å². The second-order valence-corrected chi connectivity index (χ2v) is 8.67. The van der Waals surface area contributed by atoms with E-state index >= 15 is 0 Å². The quantitative estimate of drug-likeness (QED) is 0.632. The Labute approximate surface area is 166 Å². The Morgan fingerprint density at radius 1 is 1.15 bits per heavy atom. The third-order valence-electron chi connectivity index (χ3n) is 4.92. The van der Waals surface area contributed by atoms with Gasteiger partial charge in [-0.2, -0.15) is 0 Å². The average molecular weight is 401 g/mol. The monoisotopic (exact) mass is 400 g/mol. The fourth-order valence-electron chi connectivity index (χ4n) is 3.64. The molecule has 3 heterocycles. The first-order valence-electron chi connectivity index (χ1n) is 9.06. The summed E-state index contributed by atoms with van der Waals surface area (Å²) in [5.41, 5.74) is 0.892. The van der Waals surface area contributed by atoms with E-state index in [1.807, 2.05) is 17.5 Å². The van der Waals surface area contributed by atoms with Gasteiger partial charge in [0.25, 0.3) is 0 Å². The van der Waals surface area contributed by atoms with Crippen molar-refractivity contribution in [1.29, 1.82) is 0 Å². The first-order valence-corrected chi connectivity index (χ1v) is 10.8. The van der Waals surface area contributed by atoms with Crippen molar-refractivity contribution in [3.63, 3.8) is 0 Å². The van der Waals surface area contributed by atoms with Gasteiger partial charge in [-0.05, 0) is 60.0 Å². The van der Waals surface area contributed by atoms with E-state index in [1.165, 1.54) is 17.0 Å². The maximum Gasteiger partial charge on any atom is 0.234 e. The highest BCUT2D eigenvalue weighted by Gasteiger charge is 2.29. The Kier molecular flexibility index (Phi) is 5.66. The van der Waals surface area contributed by atoms with Crippen molar-refractivity contribution in [2.45, 2.75) is 24.9 Å². The smallest absolute Gasteiger partial charge is 0.234 e. The minimum Gasteiger partial charge on any atom is -0.343 e. The van der Waals surface area contributed by atoms with Crippen LogP contribution in [0.5, 0.6) is 0 Å². The molecule has 0 radical (unpaired) electrons. The number of likely N-dealkylation sites (tertiary alicyclic amines) is 1. The maximum absolute atomic E-state index is 13.3. The van der Waals surface area contributed by atoms with Gasteiger partial charge in [-0.25, -0.2) is 4.39 Å². The molecule has 3 nitrogen and oxygen atoms in total. The van der Waals surface area contributed by atoms with E-state index < -0.39 is 0 Å². The number of nitrogens with one attached hydrogen (secondary N) is 1. The fraction of sp³-hybridized carbons (Fsp3) is 0.286. The molecule has 0 unspecified atom stereocenters. The van der Waals surface area contributed by atoms with Gasteiger partial charge in [0, 0.05) is 15.8 Å². The second-order valence-electron chi connectivity index (χ2n) is 6.71. The number of thiophene rings is 2. The lowest BCUT2D eigenvalue weighted by Crippen LogP contribution is -2.38. The van der Waals surface area contributed by atoms with E-state index in [2.05, 4.69) is 27.7 Å². The van der Waals surface area contributed by atoms with Crippen LogP contribution in [0.25, 0.3) is 0 Å². The molecule has 1 aliphatic heterocycles. The molecule has 2 aromatic heterocycles. The van der Waals surface area contributed by atoms with Gasteiger partial charge in [-0.15, -0.1) is 22.7 Å². The molecular formula is C21H21FN2OS2. The summed E-state index contributed by atoms with van der Waals surface area (Å²) >= 11 is 3.35. The minimum atomic E-state index is -0.272. The molecule has 0 bridgehead atoms. The van der Waals surface area contributed by atoms with E-state index in [0.29, 0.717) is 12.6 Å². The van der Waals surface area contributed by atoms with Crippen LogP contribution in [0.2, 0.25) is 0 Å². The molecule has 2 atom stereocenters. The average Bonchev–Trinajstić information content (AvgIpc) is 3.42. The Hall–Kier alpha value is -2.02. The van der Waals surface area contributed by atoms with E-state index in [9.17, 15) is 9.18 Å². The third kappa shape index (κ3) is 4.29. The van der Waals surface area contributed by atoms with Gasteiger partial charge in [0.1, 0.15) is 5.82 Å². The lowest BCUT2D eigenvalue weighted by atomic mass is 10.1. The van der Waals surface area contributed by atoms with Crippen LogP contribution in [0, 0.1) is 5.82 Å². The van der Waals surface area contributed by atoms with Crippen molar-refractivity contribution in [1.82, 2.24) is 10.2 Å². The van der Waals surface area contributed by atoms with E-state index in [-0.39, 0.29) is 17.8 Å². The van der Waals surface area contributed by atoms with Gasteiger partial charge in [0.05, 0.1) is 12.6 Å². The zero-order valence-electron chi connectivity index (χ0n) is 14.8. The van der Waals surface area contributed by atoms with Crippen LogP contribution in [0.4, 0.5) is 4.39 Å². The van der Waals surface area contributed by atoms with Crippen LogP contribution in [-0.2, 0) is 4.79 Å². The van der Waals surface area contributed by atoms with Gasteiger partial charge in [-0.1, -0.05) is 24.3 Å². The summed E-state index contributed by atoms with van der Waals surface area (Å²) in [5, 5.41) is 7.24. The normalized spacial score (nSPS) is 18.5. The van der Waals surface area contributed by atoms with Gasteiger partial charge < -0.3 is 5.32 Å². The van der Waals surface area contributed by atoms with Crippen LogP contribution in [0.15, 0.2) is 59.3 Å². The van der Waals surface area contributed by atoms with Crippen molar-refractivity contribution >= 4 is 28.6 Å². The lowest BCUT2D eigenvalue weighted by Gasteiger charge is -2.25. The SMILES string of the molecule is O=C(CN1CCC[C@@H]1c1cccs1)N[C@@H](c1ccc(F)cc1)c1cccs1. The lowest BCUT2D eigenvalue weighted by molar-refractivity contribution is -0.123. The molecule has 3 aromatic rings. The molecule has 1 amide bonds. The van der Waals surface area contributed by atoms with Gasteiger partial charge in [-0.3, -0.25) is 9.69 Å². The highest BCUT2D eigenvalue weighted by atomic mass is 32.1. The largest absolute Gasteiger partial charge is 0.343 e. The first-order chi connectivity index (χ1) is 13.2. The highest BCUT2D eigenvalue weighted by molar-refractivity contribution is 7.10. The summed E-state index contributed by atoms with van der Waals surface area (Å²) in [6.07, 6.45) is 2.21. The summed E-state index contributed by atoms with van der Waals surface area (Å²) in [4.78, 5) is 17.5. The molecular weight excluding hydrogens is 379 g/mol. The van der Waals surface area contributed by atoms with Crippen molar-refractivity contribution in [3.05, 3.63) is 80.4 Å². The molecule has 27 heavy (non-hydrogen) atoms. The van der Waals surface area contributed by atoms with E-state index in [0.717, 1.165) is 29.8 Å². The molecule has 0 spiro atoms. The number of nitrogens with zero attached hydrogens (tertiary/aromatic N) is 1. The molecule has 1 fully saturated rings. The molecule has 6 heteroatoms. The van der Waals surface area contributed by atoms with Crippen LogP contribution >= 0.6 is 22.7 Å². The highest BCUT2D eigenvalue weighted by Crippen LogP contribution is 2.34. The van der Waals surface area contributed by atoms with Crippen molar-refractivity contribution in [3.8, 4) is 0 Å². The summed E-state index contributed by atoms with van der Waals surface area (Å²) in [7, 11) is 0.